The summed E-state index contributed by atoms with van der Waals surface area (Å²) < 4.78 is 25.4. The first-order chi connectivity index (χ1) is 8.08. The Morgan fingerprint density at radius 2 is 1.94 bits per heavy atom. The average Bonchev–Trinajstić information content (AvgIpc) is 2.79. The lowest BCUT2D eigenvalue weighted by molar-refractivity contribution is 0.287. The van der Waals surface area contributed by atoms with Crippen LogP contribution < -0.4 is 0 Å². The number of hydrogen-bond donors (Lipinski definition) is 1. The molecule has 0 N–H and O–H groups in total. The van der Waals surface area contributed by atoms with Crippen molar-refractivity contribution in [3.05, 3.63) is 18.2 Å². The molecule has 0 saturated heterocycles. The zero-order chi connectivity index (χ0) is 12.5. The highest BCUT2D eigenvalue weighted by Gasteiger charge is 2.38. The predicted octanol–water partition coefficient (Wildman–Crippen LogP) is 2.23. The average molecular weight is 256 g/mol. The van der Waals surface area contributed by atoms with Gasteiger partial charge in [0.25, 0.3) is 0 Å². The first kappa shape index (κ1) is 12.6. The van der Waals surface area contributed by atoms with Crippen LogP contribution in [0.3, 0.4) is 0 Å². The van der Waals surface area contributed by atoms with E-state index >= 15 is 0 Å². The fraction of sp³-hybridized carbons (Fsp3) is 0.750. The third-order valence-corrected chi connectivity index (χ3v) is 4.97. The second kappa shape index (κ2) is 4.80. The molecule has 1 heterocycles. The molecule has 0 atom stereocenters. The number of thiol groups is 1. The third kappa shape index (κ3) is 2.12. The van der Waals surface area contributed by atoms with E-state index in [0.717, 1.165) is 37.9 Å². The van der Waals surface area contributed by atoms with E-state index in [1.54, 1.807) is 6.20 Å². The summed E-state index contributed by atoms with van der Waals surface area (Å²) >= 11 is 0. The minimum atomic E-state index is -2.47. The highest BCUT2D eigenvalue weighted by molar-refractivity contribution is 7.73. The SMILES string of the molecule is CC(C)c1nccn1C1([SH](=O)=O)CCCCC1. The van der Waals surface area contributed by atoms with Crippen molar-refractivity contribution < 1.29 is 8.42 Å². The Balaban J connectivity index is 2.49. The van der Waals surface area contributed by atoms with Gasteiger partial charge in [-0.1, -0.05) is 33.1 Å². The van der Waals surface area contributed by atoms with Gasteiger partial charge in [0.1, 0.15) is 10.7 Å². The van der Waals surface area contributed by atoms with Crippen LogP contribution in [0, 0.1) is 0 Å². The lowest BCUT2D eigenvalue weighted by Crippen LogP contribution is -2.38. The number of rotatable bonds is 3. The highest BCUT2D eigenvalue weighted by atomic mass is 32.2. The number of aromatic nitrogens is 2. The molecule has 1 aliphatic carbocycles. The van der Waals surface area contributed by atoms with Gasteiger partial charge in [-0.3, -0.25) is 0 Å². The maximum absolute atomic E-state index is 11.7. The number of hydrogen-bond acceptors (Lipinski definition) is 3. The van der Waals surface area contributed by atoms with Gasteiger partial charge in [0.15, 0.2) is 10.7 Å². The summed E-state index contributed by atoms with van der Waals surface area (Å²) in [5.41, 5.74) is 0. The van der Waals surface area contributed by atoms with Gasteiger partial charge in [0.2, 0.25) is 0 Å². The molecular weight excluding hydrogens is 236 g/mol. The quantitative estimate of drug-likeness (QED) is 0.844. The van der Waals surface area contributed by atoms with Gasteiger partial charge in [-0.2, -0.15) is 0 Å². The molecule has 0 bridgehead atoms. The van der Waals surface area contributed by atoms with Crippen LogP contribution in [-0.4, -0.2) is 18.0 Å². The van der Waals surface area contributed by atoms with Crippen LogP contribution in [0.4, 0.5) is 0 Å². The Morgan fingerprint density at radius 3 is 2.47 bits per heavy atom. The van der Waals surface area contributed by atoms with Crippen LogP contribution in [0.2, 0.25) is 0 Å². The van der Waals surface area contributed by atoms with Crippen LogP contribution in [0.15, 0.2) is 12.4 Å². The molecule has 1 fully saturated rings. The number of nitrogens with zero attached hydrogens (tertiary/aromatic N) is 2. The zero-order valence-corrected chi connectivity index (χ0v) is 11.3. The Labute approximate surface area is 104 Å². The van der Waals surface area contributed by atoms with Gasteiger partial charge in [-0.25, -0.2) is 13.4 Å². The summed E-state index contributed by atoms with van der Waals surface area (Å²) in [7, 11) is -2.47. The fourth-order valence-corrected chi connectivity index (χ4v) is 3.75. The monoisotopic (exact) mass is 256 g/mol. The second-order valence-electron chi connectivity index (χ2n) is 5.11. The van der Waals surface area contributed by atoms with Crippen LogP contribution in [-0.2, 0) is 15.6 Å². The van der Waals surface area contributed by atoms with Crippen molar-refractivity contribution in [1.82, 2.24) is 9.55 Å². The van der Waals surface area contributed by atoms with Crippen LogP contribution in [0.25, 0.3) is 0 Å². The van der Waals surface area contributed by atoms with Crippen molar-refractivity contribution in [1.29, 1.82) is 0 Å². The van der Waals surface area contributed by atoms with Gasteiger partial charge in [0, 0.05) is 18.3 Å². The summed E-state index contributed by atoms with van der Waals surface area (Å²) in [6, 6.07) is 0. The van der Waals surface area contributed by atoms with Crippen LogP contribution >= 0.6 is 0 Å². The first-order valence-electron chi connectivity index (χ1n) is 6.26. The van der Waals surface area contributed by atoms with E-state index in [1.165, 1.54) is 0 Å². The Bertz CT molecular complexity index is 449. The van der Waals surface area contributed by atoms with Crippen molar-refractivity contribution in [3.8, 4) is 0 Å². The maximum atomic E-state index is 11.7. The van der Waals surface area contributed by atoms with Crippen molar-refractivity contribution in [3.63, 3.8) is 0 Å². The molecule has 1 saturated carbocycles. The summed E-state index contributed by atoms with van der Waals surface area (Å²) in [6.07, 6.45) is 8.09. The zero-order valence-electron chi connectivity index (χ0n) is 10.4. The Hall–Kier alpha value is -0.840. The summed E-state index contributed by atoms with van der Waals surface area (Å²) in [6.45, 7) is 4.10. The standard InChI is InChI=1S/C12H20N2O2S/c1-10(2)11-13-8-9-14(11)12(17(15)16)6-4-3-5-7-12/h8-10,17H,3-7H2,1-2H3. The largest absolute Gasteiger partial charge is 0.315 e. The summed E-state index contributed by atoms with van der Waals surface area (Å²) in [5.74, 6) is 1.13. The number of imidazole rings is 1. The smallest absolute Gasteiger partial charge is 0.164 e. The molecule has 1 aliphatic rings. The molecule has 0 aromatic carbocycles. The third-order valence-electron chi connectivity index (χ3n) is 3.63. The van der Waals surface area contributed by atoms with Gasteiger partial charge < -0.3 is 4.57 Å². The van der Waals surface area contributed by atoms with Gasteiger partial charge >= 0.3 is 0 Å². The van der Waals surface area contributed by atoms with Crippen LogP contribution in [0.1, 0.15) is 57.7 Å². The van der Waals surface area contributed by atoms with Gasteiger partial charge in [-0.05, 0) is 12.8 Å². The Morgan fingerprint density at radius 1 is 1.29 bits per heavy atom. The van der Waals surface area contributed by atoms with Crippen molar-refractivity contribution in [2.75, 3.05) is 0 Å². The molecule has 96 valence electrons. The Kier molecular flexibility index (Phi) is 3.56. The summed E-state index contributed by atoms with van der Waals surface area (Å²) in [4.78, 5) is 3.60. The lowest BCUT2D eigenvalue weighted by atomic mass is 9.94. The first-order valence-corrected chi connectivity index (χ1v) is 7.44. The molecular formula is C12H20N2O2S. The van der Waals surface area contributed by atoms with E-state index in [9.17, 15) is 8.42 Å². The molecule has 1 aromatic rings. The summed E-state index contributed by atoms with van der Waals surface area (Å²) in [5, 5.41) is 0. The molecule has 0 unspecified atom stereocenters. The molecule has 0 aliphatic heterocycles. The van der Waals surface area contributed by atoms with E-state index in [4.69, 9.17) is 0 Å². The molecule has 5 heteroatoms. The van der Waals surface area contributed by atoms with E-state index in [0.29, 0.717) is 0 Å². The molecule has 4 nitrogen and oxygen atoms in total. The molecule has 17 heavy (non-hydrogen) atoms. The van der Waals surface area contributed by atoms with E-state index < -0.39 is 15.6 Å². The minimum absolute atomic E-state index is 0.249. The normalized spacial score (nSPS) is 20.0. The van der Waals surface area contributed by atoms with E-state index in [2.05, 4.69) is 4.98 Å². The maximum Gasteiger partial charge on any atom is 0.164 e. The van der Waals surface area contributed by atoms with E-state index in [-0.39, 0.29) is 5.92 Å². The van der Waals surface area contributed by atoms with Gasteiger partial charge in [0.05, 0.1) is 0 Å². The molecule has 0 spiro atoms. The lowest BCUT2D eigenvalue weighted by Gasteiger charge is -2.35. The molecule has 0 amide bonds. The predicted molar refractivity (Wildman–Crippen MR) is 67.7 cm³/mol. The highest BCUT2D eigenvalue weighted by Crippen LogP contribution is 2.37. The second-order valence-corrected chi connectivity index (χ2v) is 6.46. The van der Waals surface area contributed by atoms with Gasteiger partial charge in [-0.15, -0.1) is 0 Å². The van der Waals surface area contributed by atoms with Crippen molar-refractivity contribution in [2.45, 2.75) is 56.7 Å². The molecule has 2 rings (SSSR count). The fourth-order valence-electron chi connectivity index (χ4n) is 2.72. The van der Waals surface area contributed by atoms with Crippen molar-refractivity contribution >= 4 is 10.7 Å². The van der Waals surface area contributed by atoms with E-state index in [1.807, 2.05) is 24.6 Å². The molecule has 1 aromatic heterocycles. The minimum Gasteiger partial charge on any atom is -0.315 e. The van der Waals surface area contributed by atoms with Crippen molar-refractivity contribution in [2.24, 2.45) is 0 Å². The molecule has 0 radical (unpaired) electrons. The van der Waals surface area contributed by atoms with Crippen LogP contribution in [0.5, 0.6) is 0 Å². The topological polar surface area (TPSA) is 52.0 Å².